The Balaban J connectivity index is 1.74. The van der Waals surface area contributed by atoms with Gasteiger partial charge in [-0.2, -0.15) is 5.26 Å². The summed E-state index contributed by atoms with van der Waals surface area (Å²) in [6.07, 6.45) is 13.1. The highest BCUT2D eigenvalue weighted by Crippen LogP contribution is 2.44. The fourth-order valence-electron chi connectivity index (χ4n) is 4.78. The average molecular weight is 358 g/mol. The Bertz CT molecular complexity index is 993. The van der Waals surface area contributed by atoms with Gasteiger partial charge in [0, 0.05) is 24.0 Å². The minimum absolute atomic E-state index is 0.525. The van der Waals surface area contributed by atoms with Crippen molar-refractivity contribution in [1.29, 1.82) is 5.26 Å². The number of aromatic nitrogens is 1. The molecule has 2 heterocycles. The summed E-state index contributed by atoms with van der Waals surface area (Å²) in [6.45, 7) is 5.42. The maximum atomic E-state index is 10.1. The first-order chi connectivity index (χ1) is 13.2. The summed E-state index contributed by atoms with van der Waals surface area (Å²) in [7, 11) is 0. The van der Waals surface area contributed by atoms with Gasteiger partial charge in [-0.1, -0.05) is 23.8 Å². The highest BCUT2D eigenvalue weighted by Gasteiger charge is 2.36. The Morgan fingerprint density at radius 3 is 2.67 bits per heavy atom. The van der Waals surface area contributed by atoms with E-state index in [9.17, 15) is 5.26 Å². The Morgan fingerprint density at radius 1 is 1.19 bits per heavy atom. The van der Waals surface area contributed by atoms with Crippen molar-refractivity contribution in [2.45, 2.75) is 58.0 Å². The zero-order valence-electron chi connectivity index (χ0n) is 16.3. The summed E-state index contributed by atoms with van der Waals surface area (Å²) in [5.41, 5.74) is 5.70. The highest BCUT2D eigenvalue weighted by atomic mass is 15.2. The van der Waals surface area contributed by atoms with E-state index in [-0.39, 0.29) is 0 Å². The lowest BCUT2D eigenvalue weighted by atomic mass is 9.92. The van der Waals surface area contributed by atoms with E-state index in [2.05, 4.69) is 65.8 Å². The summed E-state index contributed by atoms with van der Waals surface area (Å²) >= 11 is 0. The fraction of sp³-hybridized carbons (Fsp3) is 0.458. The second kappa shape index (κ2) is 6.30. The Labute approximate surface area is 161 Å². The van der Waals surface area contributed by atoms with Gasteiger partial charge in [-0.3, -0.25) is 0 Å². The van der Waals surface area contributed by atoms with Crippen LogP contribution < -0.4 is 0 Å². The lowest BCUT2D eigenvalue weighted by molar-refractivity contribution is 0.293. The molecule has 2 saturated carbocycles. The number of rotatable bonds is 4. The Hall–Kier alpha value is -2.47. The normalized spacial score (nSPS) is 21.1. The van der Waals surface area contributed by atoms with Crippen LogP contribution in [0, 0.1) is 24.2 Å². The van der Waals surface area contributed by atoms with Crippen LogP contribution in [0.4, 0.5) is 0 Å². The first-order valence-electron chi connectivity index (χ1n) is 10.4. The largest absolute Gasteiger partial charge is 0.363 e. The molecule has 0 spiro atoms. The predicted octanol–water partition coefficient (Wildman–Crippen LogP) is 5.56. The van der Waals surface area contributed by atoms with Gasteiger partial charge in [0.1, 0.15) is 6.07 Å². The van der Waals surface area contributed by atoms with Crippen molar-refractivity contribution in [2.24, 2.45) is 5.92 Å². The minimum Gasteiger partial charge on any atom is -0.363 e. The molecule has 3 heteroatoms. The molecule has 2 aliphatic carbocycles. The minimum atomic E-state index is 0.525. The third kappa shape index (κ3) is 2.62. The van der Waals surface area contributed by atoms with Gasteiger partial charge in [-0.25, -0.2) is 0 Å². The van der Waals surface area contributed by atoms with Gasteiger partial charge in [0.05, 0.1) is 22.5 Å². The zero-order chi connectivity index (χ0) is 18.5. The maximum absolute atomic E-state index is 10.1. The summed E-state index contributed by atoms with van der Waals surface area (Å²) in [4.78, 5) is 2.54. The molecule has 3 aliphatic rings. The number of benzene rings is 1. The van der Waals surface area contributed by atoms with Crippen molar-refractivity contribution in [3.63, 3.8) is 0 Å². The van der Waals surface area contributed by atoms with Gasteiger partial charge in [0.2, 0.25) is 0 Å². The Kier molecular flexibility index (Phi) is 3.90. The van der Waals surface area contributed by atoms with E-state index in [1.54, 1.807) is 0 Å². The van der Waals surface area contributed by atoms with E-state index in [0.717, 1.165) is 29.1 Å². The first-order valence-corrected chi connectivity index (χ1v) is 10.4. The van der Waals surface area contributed by atoms with E-state index in [1.807, 2.05) is 0 Å². The number of nitrogens with zero attached hydrogens (tertiary/aromatic N) is 3. The Morgan fingerprint density at radius 2 is 2.00 bits per heavy atom. The van der Waals surface area contributed by atoms with Crippen molar-refractivity contribution in [3.8, 4) is 6.07 Å². The molecule has 0 N–H and O–H groups in total. The van der Waals surface area contributed by atoms with Crippen LogP contribution in [-0.4, -0.2) is 22.1 Å². The molecule has 1 aromatic carbocycles. The molecule has 2 fully saturated rings. The maximum Gasteiger partial charge on any atom is 0.102 e. The number of nitriles is 1. The molecular weight excluding hydrogens is 330 g/mol. The van der Waals surface area contributed by atoms with Crippen LogP contribution in [0.3, 0.4) is 0 Å². The topological polar surface area (TPSA) is 32.0 Å². The van der Waals surface area contributed by atoms with Crippen molar-refractivity contribution in [1.82, 2.24) is 9.47 Å². The smallest absolute Gasteiger partial charge is 0.102 e. The van der Waals surface area contributed by atoms with Crippen LogP contribution in [0.2, 0.25) is 0 Å². The molecule has 0 saturated heterocycles. The molecular formula is C24H27N3. The van der Waals surface area contributed by atoms with Gasteiger partial charge in [-0.05, 0) is 70.1 Å². The number of hydrogen-bond acceptors (Lipinski definition) is 2. The van der Waals surface area contributed by atoms with Crippen LogP contribution >= 0.6 is 0 Å². The molecule has 3 nitrogen and oxygen atoms in total. The molecule has 0 unspecified atom stereocenters. The van der Waals surface area contributed by atoms with Gasteiger partial charge in [0.25, 0.3) is 0 Å². The molecule has 0 radical (unpaired) electrons. The average Bonchev–Trinajstić information content (AvgIpc) is 3.44. The standard InChI is InChI=1S/C24H27N3/c1-16-9-12-22-20(14-16)21(15-25)24(27(22)19-6-5-7-19)23-8-3-4-13-26(23)17(2)18-10-11-18/h3-4,8-9,12,14,17-19H,5-7,10-11,13H2,1-2H3/t17-/m0/s1. The van der Waals surface area contributed by atoms with E-state index < -0.39 is 0 Å². The zero-order valence-corrected chi connectivity index (χ0v) is 16.3. The van der Waals surface area contributed by atoms with Gasteiger partial charge in [0.15, 0.2) is 0 Å². The summed E-state index contributed by atoms with van der Waals surface area (Å²) in [5.74, 6) is 0.800. The van der Waals surface area contributed by atoms with Gasteiger partial charge in [-0.15, -0.1) is 0 Å². The predicted molar refractivity (Wildman–Crippen MR) is 110 cm³/mol. The summed E-state index contributed by atoms with van der Waals surface area (Å²) < 4.78 is 2.49. The third-order valence-corrected chi connectivity index (χ3v) is 6.75. The quantitative estimate of drug-likeness (QED) is 0.718. The molecule has 5 rings (SSSR count). The van der Waals surface area contributed by atoms with Crippen molar-refractivity contribution < 1.29 is 0 Å². The van der Waals surface area contributed by atoms with E-state index in [4.69, 9.17) is 0 Å². The molecule has 0 bridgehead atoms. The van der Waals surface area contributed by atoms with Crippen molar-refractivity contribution in [3.05, 3.63) is 53.2 Å². The van der Waals surface area contributed by atoms with Gasteiger partial charge < -0.3 is 9.47 Å². The molecule has 2 aromatic rings. The van der Waals surface area contributed by atoms with Crippen LogP contribution in [-0.2, 0) is 0 Å². The number of aryl methyl sites for hydroxylation is 1. The summed E-state index contributed by atoms with van der Waals surface area (Å²) in [5, 5.41) is 11.3. The second-order valence-electron chi connectivity index (χ2n) is 8.52. The van der Waals surface area contributed by atoms with E-state index in [0.29, 0.717) is 12.1 Å². The summed E-state index contributed by atoms with van der Waals surface area (Å²) in [6, 6.07) is 10.2. The molecule has 0 amide bonds. The number of allylic oxidation sites excluding steroid dienone is 2. The first kappa shape index (κ1) is 16.7. The molecule has 27 heavy (non-hydrogen) atoms. The lowest BCUT2D eigenvalue weighted by Gasteiger charge is -2.37. The van der Waals surface area contributed by atoms with Crippen LogP contribution in [0.1, 0.15) is 61.9 Å². The van der Waals surface area contributed by atoms with Crippen LogP contribution in [0.5, 0.6) is 0 Å². The van der Waals surface area contributed by atoms with Crippen molar-refractivity contribution >= 4 is 16.6 Å². The third-order valence-electron chi connectivity index (χ3n) is 6.75. The van der Waals surface area contributed by atoms with Crippen LogP contribution in [0.25, 0.3) is 16.6 Å². The van der Waals surface area contributed by atoms with Crippen molar-refractivity contribution in [2.75, 3.05) is 6.54 Å². The highest BCUT2D eigenvalue weighted by molar-refractivity contribution is 5.93. The number of hydrogen-bond donors (Lipinski definition) is 0. The molecule has 1 aromatic heterocycles. The monoisotopic (exact) mass is 357 g/mol. The van der Waals surface area contributed by atoms with E-state index in [1.165, 1.54) is 48.9 Å². The number of fused-ring (bicyclic) bond motifs is 1. The van der Waals surface area contributed by atoms with Gasteiger partial charge >= 0.3 is 0 Å². The van der Waals surface area contributed by atoms with E-state index >= 15 is 0 Å². The molecule has 138 valence electrons. The lowest BCUT2D eigenvalue weighted by Crippen LogP contribution is -2.36. The SMILES string of the molecule is Cc1ccc2c(c1)c(C#N)c(C1=CC=CCN1[C@@H](C)C1CC1)n2C1CCC1. The fourth-order valence-corrected chi connectivity index (χ4v) is 4.78. The van der Waals surface area contributed by atoms with Crippen LogP contribution in [0.15, 0.2) is 36.4 Å². The second-order valence-corrected chi connectivity index (χ2v) is 8.52. The molecule has 1 aliphatic heterocycles. The molecule has 1 atom stereocenters.